The number of carbonyl (C=O) groups excluding carboxylic acids is 1. The van der Waals surface area contributed by atoms with Gasteiger partial charge in [0.25, 0.3) is 0 Å². The maximum atomic E-state index is 12.4. The summed E-state index contributed by atoms with van der Waals surface area (Å²) < 4.78 is 5.41. The van der Waals surface area contributed by atoms with E-state index in [2.05, 4.69) is 12.2 Å². The lowest BCUT2D eigenvalue weighted by Crippen LogP contribution is -2.55. The van der Waals surface area contributed by atoms with Crippen LogP contribution in [0.4, 0.5) is 0 Å². The van der Waals surface area contributed by atoms with Gasteiger partial charge in [-0.2, -0.15) is 0 Å². The SMILES string of the molecule is CC(NC(=O)CCC1CCOCC1)C12CC3CC(CC(C3)C1)C2. The third-order valence-electron chi connectivity index (χ3n) is 7.50. The maximum absolute atomic E-state index is 12.4. The van der Waals surface area contributed by atoms with Gasteiger partial charge < -0.3 is 10.1 Å². The minimum atomic E-state index is 0.291. The molecule has 23 heavy (non-hydrogen) atoms. The molecule has 5 rings (SSSR count). The molecule has 0 spiro atoms. The Hall–Kier alpha value is -0.570. The highest BCUT2D eigenvalue weighted by Gasteiger charge is 2.53. The quantitative estimate of drug-likeness (QED) is 0.834. The van der Waals surface area contributed by atoms with E-state index in [0.29, 0.717) is 29.7 Å². The van der Waals surface area contributed by atoms with Crippen LogP contribution in [0.15, 0.2) is 0 Å². The number of rotatable bonds is 5. The molecule has 0 aromatic rings. The van der Waals surface area contributed by atoms with E-state index >= 15 is 0 Å². The Balaban J connectivity index is 1.29. The molecule has 0 aromatic heterocycles. The summed E-state index contributed by atoms with van der Waals surface area (Å²) in [6, 6.07) is 0.373. The molecule has 5 aliphatic rings. The Bertz CT molecular complexity index is 406. The van der Waals surface area contributed by atoms with Gasteiger partial charge >= 0.3 is 0 Å². The number of ether oxygens (including phenoxy) is 1. The van der Waals surface area contributed by atoms with E-state index in [0.717, 1.165) is 50.2 Å². The van der Waals surface area contributed by atoms with Crippen LogP contribution in [0.2, 0.25) is 0 Å². The lowest BCUT2D eigenvalue weighted by Gasteiger charge is -2.59. The van der Waals surface area contributed by atoms with Crippen molar-refractivity contribution < 1.29 is 9.53 Å². The molecule has 1 N–H and O–H groups in total. The van der Waals surface area contributed by atoms with Crippen molar-refractivity contribution in [1.29, 1.82) is 0 Å². The maximum Gasteiger partial charge on any atom is 0.220 e. The summed E-state index contributed by atoms with van der Waals surface area (Å²) >= 11 is 0. The van der Waals surface area contributed by atoms with Crippen LogP contribution in [-0.2, 0) is 9.53 Å². The van der Waals surface area contributed by atoms with Crippen LogP contribution in [0.5, 0.6) is 0 Å². The van der Waals surface area contributed by atoms with E-state index in [1.165, 1.54) is 38.5 Å². The van der Waals surface area contributed by atoms with Gasteiger partial charge in [0.05, 0.1) is 0 Å². The summed E-state index contributed by atoms with van der Waals surface area (Å²) in [6.07, 6.45) is 12.6. The standard InChI is InChI=1S/C20H33NO2/c1-14(21-19(22)3-2-15-4-6-23-7-5-15)20-11-16-8-17(12-20)10-18(9-16)13-20/h14-18H,2-13H2,1H3,(H,21,22). The first-order valence-corrected chi connectivity index (χ1v) is 10.00. The highest BCUT2D eigenvalue weighted by molar-refractivity contribution is 5.76. The molecule has 5 fully saturated rings. The molecule has 1 heterocycles. The van der Waals surface area contributed by atoms with E-state index < -0.39 is 0 Å². The van der Waals surface area contributed by atoms with Gasteiger partial charge in [-0.05, 0) is 93.8 Å². The van der Waals surface area contributed by atoms with Crippen LogP contribution < -0.4 is 5.32 Å². The minimum Gasteiger partial charge on any atom is -0.381 e. The third kappa shape index (κ3) is 3.31. The number of amides is 1. The zero-order valence-electron chi connectivity index (χ0n) is 14.7. The van der Waals surface area contributed by atoms with Crippen LogP contribution in [0, 0.1) is 29.1 Å². The van der Waals surface area contributed by atoms with E-state index in [1.807, 2.05) is 0 Å². The van der Waals surface area contributed by atoms with E-state index in [1.54, 1.807) is 0 Å². The van der Waals surface area contributed by atoms with Crippen molar-refractivity contribution in [2.45, 2.75) is 77.2 Å². The first kappa shape index (κ1) is 15.9. The minimum absolute atomic E-state index is 0.291. The van der Waals surface area contributed by atoms with Gasteiger partial charge in [0.2, 0.25) is 5.91 Å². The van der Waals surface area contributed by atoms with Crippen LogP contribution in [0.25, 0.3) is 0 Å². The van der Waals surface area contributed by atoms with Gasteiger partial charge in [-0.3, -0.25) is 4.79 Å². The largest absolute Gasteiger partial charge is 0.381 e. The average molecular weight is 319 g/mol. The fourth-order valence-electron chi connectivity index (χ4n) is 6.55. The second-order valence-corrected chi connectivity index (χ2v) is 9.16. The highest BCUT2D eigenvalue weighted by Crippen LogP contribution is 2.61. The van der Waals surface area contributed by atoms with Crippen molar-refractivity contribution in [2.24, 2.45) is 29.1 Å². The Morgan fingerprint density at radius 1 is 1.09 bits per heavy atom. The monoisotopic (exact) mass is 319 g/mol. The first-order valence-electron chi connectivity index (χ1n) is 10.00. The molecule has 4 saturated carbocycles. The summed E-state index contributed by atoms with van der Waals surface area (Å²) in [5, 5.41) is 3.41. The molecule has 1 amide bonds. The zero-order chi connectivity index (χ0) is 15.9. The molecule has 1 unspecified atom stereocenters. The smallest absolute Gasteiger partial charge is 0.220 e. The second kappa shape index (κ2) is 6.38. The van der Waals surface area contributed by atoms with Crippen molar-refractivity contribution in [3.8, 4) is 0 Å². The lowest BCUT2D eigenvalue weighted by atomic mass is 9.48. The average Bonchev–Trinajstić information content (AvgIpc) is 2.52. The fraction of sp³-hybridized carbons (Fsp3) is 0.950. The Morgan fingerprint density at radius 2 is 1.65 bits per heavy atom. The summed E-state index contributed by atoms with van der Waals surface area (Å²) in [6.45, 7) is 4.06. The van der Waals surface area contributed by atoms with Crippen molar-refractivity contribution >= 4 is 5.91 Å². The molecule has 1 aliphatic heterocycles. The molecular formula is C20H33NO2. The van der Waals surface area contributed by atoms with Crippen LogP contribution in [-0.4, -0.2) is 25.2 Å². The van der Waals surface area contributed by atoms with Gasteiger partial charge in [-0.25, -0.2) is 0 Å². The Labute approximate surface area is 140 Å². The summed E-state index contributed by atoms with van der Waals surface area (Å²) in [4.78, 5) is 12.4. The fourth-order valence-corrected chi connectivity index (χ4v) is 6.55. The summed E-state index contributed by atoms with van der Waals surface area (Å²) in [5.41, 5.74) is 0.434. The number of hydrogen-bond donors (Lipinski definition) is 1. The van der Waals surface area contributed by atoms with Crippen LogP contribution in [0.1, 0.15) is 71.1 Å². The van der Waals surface area contributed by atoms with Crippen molar-refractivity contribution in [3.63, 3.8) is 0 Å². The predicted molar refractivity (Wildman–Crippen MR) is 91.0 cm³/mol. The molecule has 1 atom stereocenters. The summed E-state index contributed by atoms with van der Waals surface area (Å²) in [5.74, 6) is 3.87. The molecule has 3 nitrogen and oxygen atoms in total. The van der Waals surface area contributed by atoms with Crippen LogP contribution >= 0.6 is 0 Å². The second-order valence-electron chi connectivity index (χ2n) is 9.16. The molecule has 1 saturated heterocycles. The van der Waals surface area contributed by atoms with Crippen molar-refractivity contribution in [2.75, 3.05) is 13.2 Å². The van der Waals surface area contributed by atoms with E-state index in [4.69, 9.17) is 4.74 Å². The molecule has 4 bridgehead atoms. The number of carbonyl (C=O) groups is 1. The topological polar surface area (TPSA) is 38.3 Å². The van der Waals surface area contributed by atoms with Crippen molar-refractivity contribution in [1.82, 2.24) is 5.32 Å². The first-order chi connectivity index (χ1) is 11.1. The van der Waals surface area contributed by atoms with Crippen LogP contribution in [0.3, 0.4) is 0 Å². The molecule has 0 aromatic carbocycles. The molecule has 130 valence electrons. The predicted octanol–water partition coefficient (Wildman–Crippen LogP) is 3.91. The molecular weight excluding hydrogens is 286 g/mol. The van der Waals surface area contributed by atoms with Crippen molar-refractivity contribution in [3.05, 3.63) is 0 Å². The third-order valence-corrected chi connectivity index (χ3v) is 7.50. The summed E-state index contributed by atoms with van der Waals surface area (Å²) in [7, 11) is 0. The van der Waals surface area contributed by atoms with Gasteiger partial charge in [0.15, 0.2) is 0 Å². The van der Waals surface area contributed by atoms with Gasteiger partial charge in [0.1, 0.15) is 0 Å². The van der Waals surface area contributed by atoms with Gasteiger partial charge in [0, 0.05) is 25.7 Å². The Morgan fingerprint density at radius 3 is 2.22 bits per heavy atom. The normalized spacial score (nSPS) is 41.0. The Kier molecular flexibility index (Phi) is 4.42. The van der Waals surface area contributed by atoms with Gasteiger partial charge in [-0.1, -0.05) is 0 Å². The number of nitrogens with one attached hydrogen (secondary N) is 1. The zero-order valence-corrected chi connectivity index (χ0v) is 14.7. The lowest BCUT2D eigenvalue weighted by molar-refractivity contribution is -0.126. The molecule has 4 aliphatic carbocycles. The molecule has 0 radical (unpaired) electrons. The number of hydrogen-bond acceptors (Lipinski definition) is 2. The van der Waals surface area contributed by atoms with Gasteiger partial charge in [-0.15, -0.1) is 0 Å². The van der Waals surface area contributed by atoms with E-state index in [9.17, 15) is 4.79 Å². The van der Waals surface area contributed by atoms with E-state index in [-0.39, 0.29) is 0 Å². The highest BCUT2D eigenvalue weighted by atomic mass is 16.5. The molecule has 3 heteroatoms.